The van der Waals surface area contributed by atoms with E-state index in [1.165, 1.54) is 11.3 Å². The monoisotopic (exact) mass is 477 g/mol. The molecule has 9 heteroatoms. The minimum atomic E-state index is -0.0495. The number of aromatic nitrogens is 2. The van der Waals surface area contributed by atoms with E-state index in [-0.39, 0.29) is 6.61 Å². The van der Waals surface area contributed by atoms with Gasteiger partial charge in [0.15, 0.2) is 12.4 Å². The highest BCUT2D eigenvalue weighted by Gasteiger charge is 2.19. The lowest BCUT2D eigenvalue weighted by Crippen LogP contribution is -2.31. The van der Waals surface area contributed by atoms with Gasteiger partial charge >= 0.3 is 0 Å². The molecule has 0 atom stereocenters. The first-order chi connectivity index (χ1) is 16.6. The molecule has 0 radical (unpaired) electrons. The number of nitrogens with zero attached hydrogens (tertiary/aromatic N) is 5. The Hall–Kier alpha value is -3.54. The van der Waals surface area contributed by atoms with Gasteiger partial charge in [-0.05, 0) is 43.3 Å². The number of hydrogen-bond donors (Lipinski definition) is 2. The first kappa shape index (κ1) is 23.6. The fraction of sp³-hybridized carbons (Fsp3) is 0.320. The zero-order valence-corrected chi connectivity index (χ0v) is 20.1. The van der Waals surface area contributed by atoms with Crippen molar-refractivity contribution >= 4 is 40.4 Å². The van der Waals surface area contributed by atoms with Gasteiger partial charge in [0.05, 0.1) is 11.9 Å². The van der Waals surface area contributed by atoms with E-state index in [4.69, 9.17) is 21.6 Å². The lowest BCUT2D eigenvalue weighted by atomic mass is 10.1. The molecule has 0 aliphatic carbocycles. The van der Waals surface area contributed by atoms with Crippen LogP contribution in [0.15, 0.2) is 48.7 Å². The van der Waals surface area contributed by atoms with E-state index in [1.807, 2.05) is 24.3 Å². The second-order valence-electron chi connectivity index (χ2n) is 7.88. The number of para-hydroxylation sites is 2. The standard InChI is InChI=1S/C25H28ClN7O/c1-3-32-12-13-33(4-2)22-15-19(10-9-18(22)17-32)29-25-28-16-20(26)24(31-25)30-21-7-5-6-8-23(21)34-14-11-27/h5-10,15-16H,3-4,12-14,17H2,1-2H3,(H2,28,29,30,31). The molecule has 0 saturated carbocycles. The molecular formula is C25H28ClN7O. The summed E-state index contributed by atoms with van der Waals surface area (Å²) in [6, 6.07) is 15.7. The molecule has 0 spiro atoms. The Balaban J connectivity index is 1.57. The molecule has 3 aromatic rings. The van der Waals surface area contributed by atoms with Crippen LogP contribution in [0.4, 0.5) is 28.8 Å². The van der Waals surface area contributed by atoms with E-state index in [2.05, 4.69) is 62.4 Å². The predicted molar refractivity (Wildman–Crippen MR) is 136 cm³/mol. The van der Waals surface area contributed by atoms with E-state index in [1.54, 1.807) is 12.3 Å². The average Bonchev–Trinajstić information content (AvgIpc) is 3.04. The summed E-state index contributed by atoms with van der Waals surface area (Å²) in [5.41, 5.74) is 4.13. The third kappa shape index (κ3) is 5.50. The van der Waals surface area contributed by atoms with Gasteiger partial charge in [0.25, 0.3) is 0 Å². The molecule has 0 saturated heterocycles. The third-order valence-electron chi connectivity index (χ3n) is 5.77. The lowest BCUT2D eigenvalue weighted by Gasteiger charge is -2.23. The van der Waals surface area contributed by atoms with Crippen molar-refractivity contribution in [3.05, 3.63) is 59.2 Å². The van der Waals surface area contributed by atoms with Crippen LogP contribution in [-0.4, -0.2) is 47.7 Å². The Labute approximate surface area is 205 Å². The minimum absolute atomic E-state index is 0.0495. The van der Waals surface area contributed by atoms with Gasteiger partial charge in [0.1, 0.15) is 16.8 Å². The van der Waals surface area contributed by atoms with E-state index >= 15 is 0 Å². The number of nitrogens with one attached hydrogen (secondary N) is 2. The summed E-state index contributed by atoms with van der Waals surface area (Å²) < 4.78 is 5.49. The number of rotatable bonds is 8. The number of fused-ring (bicyclic) bond motifs is 1. The maximum atomic E-state index is 8.83. The van der Waals surface area contributed by atoms with E-state index in [0.29, 0.717) is 28.2 Å². The van der Waals surface area contributed by atoms with Crippen LogP contribution in [0, 0.1) is 11.3 Å². The van der Waals surface area contributed by atoms with Gasteiger partial charge in [-0.1, -0.05) is 36.7 Å². The first-order valence-corrected chi connectivity index (χ1v) is 11.7. The van der Waals surface area contributed by atoms with Crippen LogP contribution in [0.5, 0.6) is 5.75 Å². The molecule has 176 valence electrons. The Bertz CT molecular complexity index is 1180. The van der Waals surface area contributed by atoms with Crippen molar-refractivity contribution in [1.82, 2.24) is 14.9 Å². The van der Waals surface area contributed by atoms with Gasteiger partial charge in [-0.2, -0.15) is 10.2 Å². The number of benzene rings is 2. The summed E-state index contributed by atoms with van der Waals surface area (Å²) in [5, 5.41) is 15.7. The van der Waals surface area contributed by atoms with Crippen molar-refractivity contribution in [1.29, 1.82) is 5.26 Å². The fourth-order valence-electron chi connectivity index (χ4n) is 3.95. The summed E-state index contributed by atoms with van der Waals surface area (Å²) in [4.78, 5) is 13.8. The molecule has 2 N–H and O–H groups in total. The summed E-state index contributed by atoms with van der Waals surface area (Å²) in [7, 11) is 0. The molecule has 1 aromatic heterocycles. The van der Waals surface area contributed by atoms with Gasteiger partial charge in [-0.15, -0.1) is 0 Å². The number of anilines is 5. The van der Waals surface area contributed by atoms with Crippen molar-refractivity contribution in [2.45, 2.75) is 20.4 Å². The largest absolute Gasteiger partial charge is 0.477 e. The van der Waals surface area contributed by atoms with Gasteiger partial charge < -0.3 is 20.3 Å². The Kier molecular flexibility index (Phi) is 7.68. The molecule has 8 nitrogen and oxygen atoms in total. The third-order valence-corrected chi connectivity index (χ3v) is 6.04. The van der Waals surface area contributed by atoms with E-state index in [9.17, 15) is 0 Å². The summed E-state index contributed by atoms with van der Waals surface area (Å²) in [6.45, 7) is 9.32. The Morgan fingerprint density at radius 1 is 1.12 bits per heavy atom. The summed E-state index contributed by atoms with van der Waals surface area (Å²) >= 11 is 6.36. The number of nitriles is 1. The maximum Gasteiger partial charge on any atom is 0.229 e. The Morgan fingerprint density at radius 2 is 1.97 bits per heavy atom. The summed E-state index contributed by atoms with van der Waals surface area (Å²) in [5.74, 6) is 1.41. The van der Waals surface area contributed by atoms with Gasteiger partial charge in [-0.3, -0.25) is 4.90 Å². The van der Waals surface area contributed by atoms with Gasteiger partial charge in [0, 0.05) is 37.6 Å². The average molecular weight is 478 g/mol. The number of halogens is 1. The topological polar surface area (TPSA) is 89.3 Å². The van der Waals surface area contributed by atoms with Crippen molar-refractivity contribution in [3.8, 4) is 11.8 Å². The zero-order valence-electron chi connectivity index (χ0n) is 19.4. The van der Waals surface area contributed by atoms with E-state index < -0.39 is 0 Å². The molecule has 4 rings (SSSR count). The smallest absolute Gasteiger partial charge is 0.229 e. The molecule has 2 aromatic carbocycles. The van der Waals surface area contributed by atoms with Crippen molar-refractivity contribution < 1.29 is 4.74 Å². The molecule has 0 fully saturated rings. The number of likely N-dealkylation sites (N-methyl/N-ethyl adjacent to an activating group) is 2. The van der Waals surface area contributed by atoms with E-state index in [0.717, 1.165) is 38.4 Å². The molecular weight excluding hydrogens is 450 g/mol. The molecule has 0 bridgehead atoms. The number of hydrogen-bond acceptors (Lipinski definition) is 8. The Morgan fingerprint density at radius 3 is 2.76 bits per heavy atom. The van der Waals surface area contributed by atoms with Crippen LogP contribution >= 0.6 is 11.6 Å². The van der Waals surface area contributed by atoms with Crippen molar-refractivity contribution in [2.24, 2.45) is 0 Å². The number of ether oxygens (including phenoxy) is 1. The molecule has 0 amide bonds. The second kappa shape index (κ2) is 11.1. The molecule has 0 unspecified atom stereocenters. The normalized spacial score (nSPS) is 13.5. The minimum Gasteiger partial charge on any atom is -0.477 e. The van der Waals surface area contributed by atoms with Crippen LogP contribution in [0.1, 0.15) is 19.4 Å². The van der Waals surface area contributed by atoms with Gasteiger partial charge in [-0.25, -0.2) is 4.98 Å². The van der Waals surface area contributed by atoms with Crippen LogP contribution in [0.3, 0.4) is 0 Å². The molecule has 34 heavy (non-hydrogen) atoms. The quantitative estimate of drug-likeness (QED) is 0.458. The maximum absolute atomic E-state index is 8.83. The predicted octanol–water partition coefficient (Wildman–Crippen LogP) is 5.18. The van der Waals surface area contributed by atoms with Crippen LogP contribution in [0.25, 0.3) is 0 Å². The lowest BCUT2D eigenvalue weighted by molar-refractivity contribution is 0.293. The SMILES string of the molecule is CCN1CCN(CC)c2cc(Nc3ncc(Cl)c(Nc4ccccc4OCC#N)n3)ccc2C1. The second-order valence-corrected chi connectivity index (χ2v) is 8.28. The first-order valence-electron chi connectivity index (χ1n) is 11.4. The molecule has 2 heterocycles. The van der Waals surface area contributed by atoms with Crippen LogP contribution in [-0.2, 0) is 6.54 Å². The highest BCUT2D eigenvalue weighted by molar-refractivity contribution is 6.32. The fourth-order valence-corrected chi connectivity index (χ4v) is 4.09. The van der Waals surface area contributed by atoms with Crippen LogP contribution < -0.4 is 20.3 Å². The highest BCUT2D eigenvalue weighted by Crippen LogP contribution is 2.32. The van der Waals surface area contributed by atoms with Gasteiger partial charge in [0.2, 0.25) is 5.95 Å². The molecule has 1 aliphatic rings. The zero-order chi connectivity index (χ0) is 23.9. The van der Waals surface area contributed by atoms with Crippen molar-refractivity contribution in [3.63, 3.8) is 0 Å². The molecule has 1 aliphatic heterocycles. The highest BCUT2D eigenvalue weighted by atomic mass is 35.5. The summed E-state index contributed by atoms with van der Waals surface area (Å²) in [6.07, 6.45) is 1.55. The van der Waals surface area contributed by atoms with Crippen molar-refractivity contribution in [2.75, 3.05) is 48.3 Å². The van der Waals surface area contributed by atoms with Crippen LogP contribution in [0.2, 0.25) is 5.02 Å².